The summed E-state index contributed by atoms with van der Waals surface area (Å²) in [6.45, 7) is 13.8. The smallest absolute Gasteiger partial charge is 0.197 e. The number of H-pyrrole nitrogens is 1. The van der Waals surface area contributed by atoms with Crippen molar-refractivity contribution >= 4 is 8.32 Å². The van der Waals surface area contributed by atoms with Gasteiger partial charge in [-0.05, 0) is 37.9 Å². The van der Waals surface area contributed by atoms with Gasteiger partial charge in [0.15, 0.2) is 20.1 Å². The zero-order valence-corrected chi connectivity index (χ0v) is 16.0. The molecule has 130 valence electrons. The van der Waals surface area contributed by atoms with Crippen molar-refractivity contribution in [3.05, 3.63) is 11.1 Å². The summed E-state index contributed by atoms with van der Waals surface area (Å²) < 4.78 is 12.6. The normalized spacial score (nSPS) is 30.0. The van der Waals surface area contributed by atoms with Gasteiger partial charge in [-0.25, -0.2) is 0 Å². The molecule has 5 nitrogen and oxygen atoms in total. The Hall–Kier alpha value is -0.983. The van der Waals surface area contributed by atoms with Gasteiger partial charge in [0.25, 0.3) is 0 Å². The molecule has 0 aromatic carbocycles. The molecule has 1 saturated heterocycles. The fourth-order valence-electron chi connectivity index (χ4n) is 3.75. The first-order valence-electron chi connectivity index (χ1n) is 8.41. The molecular formula is C17H29NO4Si. The highest BCUT2D eigenvalue weighted by Crippen LogP contribution is 2.64. The van der Waals surface area contributed by atoms with E-state index in [4.69, 9.17) is 9.16 Å². The highest BCUT2D eigenvalue weighted by molar-refractivity contribution is 6.74. The molecule has 6 heteroatoms. The number of aromatic amines is 1. The van der Waals surface area contributed by atoms with Crippen LogP contribution < -0.4 is 0 Å². The van der Waals surface area contributed by atoms with Crippen molar-refractivity contribution in [1.82, 2.24) is 4.98 Å². The Morgan fingerprint density at radius 3 is 2.39 bits per heavy atom. The number of hydrogen-bond donors (Lipinski definition) is 3. The van der Waals surface area contributed by atoms with Gasteiger partial charge in [0, 0.05) is 13.0 Å². The molecule has 2 unspecified atom stereocenters. The molecule has 0 saturated carbocycles. The van der Waals surface area contributed by atoms with Crippen molar-refractivity contribution in [2.45, 2.75) is 76.3 Å². The maximum atomic E-state index is 10.2. The zero-order valence-electron chi connectivity index (χ0n) is 15.0. The predicted molar refractivity (Wildman–Crippen MR) is 91.2 cm³/mol. The fourth-order valence-corrected chi connectivity index (χ4v) is 4.79. The van der Waals surface area contributed by atoms with E-state index >= 15 is 0 Å². The van der Waals surface area contributed by atoms with E-state index in [-0.39, 0.29) is 16.8 Å². The fraction of sp³-hybridized carbons (Fsp3) is 0.765. The van der Waals surface area contributed by atoms with Crippen molar-refractivity contribution in [3.63, 3.8) is 0 Å². The van der Waals surface area contributed by atoms with Gasteiger partial charge in [0.05, 0.1) is 16.7 Å². The van der Waals surface area contributed by atoms with Crippen LogP contribution >= 0.6 is 0 Å². The molecular weight excluding hydrogens is 310 g/mol. The standard InChI is InChI=1S/C17H29NO4Si/c1-15(2,3)23(5,6)21-10-9-17-8-7-16(4,22-17)11-12(17)14(20)18-13(11)19/h18-20H,7-10H2,1-6H3. The average molecular weight is 340 g/mol. The molecule has 0 aliphatic carbocycles. The van der Waals surface area contributed by atoms with Crippen LogP contribution in [0.2, 0.25) is 18.1 Å². The first-order chi connectivity index (χ1) is 10.4. The number of nitrogens with one attached hydrogen (secondary N) is 1. The van der Waals surface area contributed by atoms with Crippen molar-refractivity contribution in [2.24, 2.45) is 0 Å². The summed E-state index contributed by atoms with van der Waals surface area (Å²) in [7, 11) is -1.80. The number of aromatic nitrogens is 1. The van der Waals surface area contributed by atoms with E-state index in [9.17, 15) is 10.2 Å². The number of hydrogen-bond acceptors (Lipinski definition) is 4. The van der Waals surface area contributed by atoms with Crippen molar-refractivity contribution in [2.75, 3.05) is 6.61 Å². The summed E-state index contributed by atoms with van der Waals surface area (Å²) in [5.74, 6) is 0.0696. The first-order valence-corrected chi connectivity index (χ1v) is 11.3. The molecule has 3 heterocycles. The van der Waals surface area contributed by atoms with Gasteiger partial charge in [-0.15, -0.1) is 0 Å². The van der Waals surface area contributed by atoms with Crippen LogP contribution in [0.25, 0.3) is 0 Å². The monoisotopic (exact) mass is 339 g/mol. The van der Waals surface area contributed by atoms with Crippen LogP contribution in [-0.2, 0) is 20.4 Å². The number of ether oxygens (including phenoxy) is 1. The van der Waals surface area contributed by atoms with Crippen LogP contribution in [0.1, 0.15) is 58.1 Å². The molecule has 2 bridgehead atoms. The second-order valence-corrected chi connectivity index (χ2v) is 13.6. The topological polar surface area (TPSA) is 74.7 Å². The zero-order chi connectivity index (χ0) is 17.3. The molecule has 1 fully saturated rings. The average Bonchev–Trinajstić information content (AvgIpc) is 2.96. The first kappa shape index (κ1) is 16.9. The van der Waals surface area contributed by atoms with Gasteiger partial charge in [0.1, 0.15) is 5.60 Å². The molecule has 0 spiro atoms. The van der Waals surface area contributed by atoms with Crippen LogP contribution in [0.15, 0.2) is 0 Å². The van der Waals surface area contributed by atoms with E-state index in [0.717, 1.165) is 24.0 Å². The molecule has 0 amide bonds. The Bertz CT molecular complexity index is 633. The third kappa shape index (κ3) is 2.34. The third-order valence-electron chi connectivity index (χ3n) is 6.15. The maximum absolute atomic E-state index is 10.2. The lowest BCUT2D eigenvalue weighted by molar-refractivity contribution is -0.0879. The minimum Gasteiger partial charge on any atom is -0.494 e. The van der Waals surface area contributed by atoms with E-state index in [2.05, 4.69) is 38.8 Å². The van der Waals surface area contributed by atoms with Crippen molar-refractivity contribution in [1.29, 1.82) is 0 Å². The van der Waals surface area contributed by atoms with E-state index in [0.29, 0.717) is 13.0 Å². The largest absolute Gasteiger partial charge is 0.494 e. The van der Waals surface area contributed by atoms with Gasteiger partial charge in [-0.1, -0.05) is 20.8 Å². The lowest BCUT2D eigenvalue weighted by Crippen LogP contribution is -2.41. The van der Waals surface area contributed by atoms with Crippen LogP contribution in [0.4, 0.5) is 0 Å². The van der Waals surface area contributed by atoms with Crippen LogP contribution in [0, 0.1) is 0 Å². The van der Waals surface area contributed by atoms with Crippen molar-refractivity contribution in [3.8, 4) is 11.8 Å². The third-order valence-corrected chi connectivity index (χ3v) is 10.7. The molecule has 1 aromatic heterocycles. The molecule has 1 aromatic rings. The molecule has 0 radical (unpaired) electrons. The molecule has 3 N–H and O–H groups in total. The quantitative estimate of drug-likeness (QED) is 0.723. The van der Waals surface area contributed by atoms with Gasteiger partial charge < -0.3 is 19.4 Å². The van der Waals surface area contributed by atoms with Gasteiger partial charge in [-0.2, -0.15) is 0 Å². The molecule has 2 atom stereocenters. The maximum Gasteiger partial charge on any atom is 0.197 e. The molecule has 3 rings (SSSR count). The van der Waals surface area contributed by atoms with Gasteiger partial charge >= 0.3 is 0 Å². The van der Waals surface area contributed by atoms with Crippen LogP contribution in [-0.4, -0.2) is 30.1 Å². The number of fused-ring (bicyclic) bond motifs is 5. The summed E-state index contributed by atoms with van der Waals surface area (Å²) in [6.07, 6.45) is 2.40. The predicted octanol–water partition coefficient (Wildman–Crippen LogP) is 4.07. The lowest BCUT2D eigenvalue weighted by atomic mass is 9.78. The highest BCUT2D eigenvalue weighted by Gasteiger charge is 2.60. The van der Waals surface area contributed by atoms with E-state index in [1.54, 1.807) is 0 Å². The highest BCUT2D eigenvalue weighted by atomic mass is 28.4. The van der Waals surface area contributed by atoms with E-state index in [1.165, 1.54) is 0 Å². The van der Waals surface area contributed by atoms with E-state index in [1.807, 2.05) is 6.92 Å². The second kappa shape index (κ2) is 4.77. The summed E-state index contributed by atoms with van der Waals surface area (Å²) in [5, 5.41) is 20.5. The second-order valence-electron chi connectivity index (χ2n) is 8.76. The van der Waals surface area contributed by atoms with Crippen LogP contribution in [0.5, 0.6) is 11.8 Å². The summed E-state index contributed by atoms with van der Waals surface area (Å²) in [6, 6.07) is 0. The summed E-state index contributed by atoms with van der Waals surface area (Å²) in [5.41, 5.74) is 0.429. The summed E-state index contributed by atoms with van der Waals surface area (Å²) in [4.78, 5) is 2.66. The Morgan fingerprint density at radius 1 is 1.17 bits per heavy atom. The Morgan fingerprint density at radius 2 is 1.78 bits per heavy atom. The molecule has 2 aliphatic rings. The Labute approximate surface area is 139 Å². The molecule has 23 heavy (non-hydrogen) atoms. The Kier molecular flexibility index (Phi) is 3.50. The minimum atomic E-state index is -1.80. The summed E-state index contributed by atoms with van der Waals surface area (Å²) >= 11 is 0. The van der Waals surface area contributed by atoms with Crippen molar-refractivity contribution < 1.29 is 19.4 Å². The van der Waals surface area contributed by atoms with Gasteiger partial charge in [-0.3, -0.25) is 4.98 Å². The van der Waals surface area contributed by atoms with Crippen LogP contribution in [0.3, 0.4) is 0 Å². The minimum absolute atomic E-state index is 0.0342. The SMILES string of the molecule is CC12CCC(CCO[Si](C)(C)C(C)(C)C)(O1)c1c(O)[nH]c(O)c12. The Balaban J connectivity index is 1.80. The molecule has 2 aliphatic heterocycles. The number of aromatic hydroxyl groups is 2. The number of rotatable bonds is 4. The van der Waals surface area contributed by atoms with E-state index < -0.39 is 19.5 Å². The van der Waals surface area contributed by atoms with Gasteiger partial charge in [0.2, 0.25) is 0 Å². The lowest BCUT2D eigenvalue weighted by Gasteiger charge is -2.37.